The van der Waals surface area contributed by atoms with Crippen molar-refractivity contribution in [2.45, 2.75) is 0 Å². The number of rotatable bonds is 2. The topological polar surface area (TPSA) is 27.6 Å². The van der Waals surface area contributed by atoms with Crippen LogP contribution in [0.25, 0.3) is 0 Å². The number of thioether (sulfide) groups is 1. The highest BCUT2D eigenvalue weighted by atomic mass is 32.2. The fraction of sp³-hybridized carbons (Fsp3) is 0.125. The highest BCUT2D eigenvalue weighted by molar-refractivity contribution is 8.14. The minimum absolute atomic E-state index is 0.290. The summed E-state index contributed by atoms with van der Waals surface area (Å²) in [6.45, 7) is 0.789. The fourth-order valence-electron chi connectivity index (χ4n) is 2.05. The number of nitrogens with zero attached hydrogens (tertiary/aromatic N) is 2. The monoisotopic (exact) mass is 331 g/mol. The Balaban J connectivity index is 1.75. The van der Waals surface area contributed by atoms with Gasteiger partial charge in [-0.3, -0.25) is 4.90 Å². The Morgan fingerprint density at radius 1 is 1.18 bits per heavy atom. The lowest BCUT2D eigenvalue weighted by molar-refractivity contribution is 0.628. The summed E-state index contributed by atoms with van der Waals surface area (Å²) >= 11 is 7.09. The Morgan fingerprint density at radius 3 is 2.77 bits per heavy atom. The van der Waals surface area contributed by atoms with Gasteiger partial charge in [-0.05, 0) is 42.5 Å². The lowest BCUT2D eigenvalue weighted by Gasteiger charge is -2.20. The molecule has 0 spiro atoms. The van der Waals surface area contributed by atoms with E-state index < -0.39 is 0 Å². The molecule has 0 atom stereocenters. The van der Waals surface area contributed by atoms with Crippen LogP contribution in [0.3, 0.4) is 0 Å². The minimum Gasteiger partial charge on any atom is -0.332 e. The number of hydrogen-bond donors (Lipinski definition) is 1. The number of para-hydroxylation sites is 1. The third-order valence-electron chi connectivity index (χ3n) is 3.08. The number of nitrogens with one attached hydrogen (secondary N) is 1. The van der Waals surface area contributed by atoms with Crippen LogP contribution in [0, 0.1) is 5.82 Å². The Kier molecular flexibility index (Phi) is 4.70. The molecule has 0 amide bonds. The van der Waals surface area contributed by atoms with Crippen LogP contribution in [0.1, 0.15) is 0 Å². The predicted molar refractivity (Wildman–Crippen MR) is 95.3 cm³/mol. The van der Waals surface area contributed by atoms with E-state index in [1.165, 1.54) is 12.1 Å². The van der Waals surface area contributed by atoms with E-state index in [0.717, 1.165) is 23.2 Å². The summed E-state index contributed by atoms with van der Waals surface area (Å²) in [5.41, 5.74) is 1.53. The number of amidine groups is 1. The zero-order valence-corrected chi connectivity index (χ0v) is 13.3. The van der Waals surface area contributed by atoms with Crippen molar-refractivity contribution in [1.29, 1.82) is 0 Å². The maximum atomic E-state index is 13.2. The minimum atomic E-state index is -0.290. The standard InChI is InChI=1S/C16H14FN3S2/c17-12-5-4-8-14(11-12)18-15(21)20-9-10-22-16(20)19-13-6-2-1-3-7-13/h1-8,11H,9-10H2,(H,18,21). The first-order valence-corrected chi connectivity index (χ1v) is 8.22. The summed E-state index contributed by atoms with van der Waals surface area (Å²) in [4.78, 5) is 6.57. The van der Waals surface area contributed by atoms with Crippen molar-refractivity contribution in [2.75, 3.05) is 17.6 Å². The van der Waals surface area contributed by atoms with Crippen LogP contribution >= 0.6 is 24.0 Å². The van der Waals surface area contributed by atoms with Gasteiger partial charge < -0.3 is 5.32 Å². The van der Waals surface area contributed by atoms with Crippen LogP contribution < -0.4 is 5.32 Å². The van der Waals surface area contributed by atoms with Crippen molar-refractivity contribution in [3.8, 4) is 0 Å². The quantitative estimate of drug-likeness (QED) is 0.832. The van der Waals surface area contributed by atoms with E-state index in [9.17, 15) is 4.39 Å². The highest BCUT2D eigenvalue weighted by Gasteiger charge is 2.23. The molecule has 0 radical (unpaired) electrons. The van der Waals surface area contributed by atoms with Gasteiger partial charge in [0.25, 0.3) is 0 Å². The van der Waals surface area contributed by atoms with Gasteiger partial charge in [-0.1, -0.05) is 36.0 Å². The van der Waals surface area contributed by atoms with Gasteiger partial charge in [-0.2, -0.15) is 0 Å². The summed E-state index contributed by atoms with van der Waals surface area (Å²) < 4.78 is 13.2. The van der Waals surface area contributed by atoms with Gasteiger partial charge in [-0.15, -0.1) is 0 Å². The second kappa shape index (κ2) is 6.89. The van der Waals surface area contributed by atoms with Crippen LogP contribution in [-0.2, 0) is 0 Å². The van der Waals surface area contributed by atoms with Gasteiger partial charge in [0.2, 0.25) is 0 Å². The molecule has 0 bridgehead atoms. The zero-order valence-electron chi connectivity index (χ0n) is 11.7. The second-order valence-electron chi connectivity index (χ2n) is 4.67. The van der Waals surface area contributed by atoms with E-state index in [1.807, 2.05) is 35.2 Å². The maximum absolute atomic E-state index is 13.2. The van der Waals surface area contributed by atoms with E-state index >= 15 is 0 Å². The summed E-state index contributed by atoms with van der Waals surface area (Å²) in [6, 6.07) is 16.0. The van der Waals surface area contributed by atoms with Crippen molar-refractivity contribution in [2.24, 2.45) is 4.99 Å². The van der Waals surface area contributed by atoms with Crippen LogP contribution in [0.5, 0.6) is 0 Å². The summed E-state index contributed by atoms with van der Waals surface area (Å²) in [5, 5.41) is 4.46. The molecule has 1 aliphatic heterocycles. The molecule has 1 heterocycles. The number of halogens is 1. The van der Waals surface area contributed by atoms with Crippen molar-refractivity contribution in [1.82, 2.24) is 4.90 Å². The fourth-order valence-corrected chi connectivity index (χ4v) is 3.37. The van der Waals surface area contributed by atoms with Crippen molar-refractivity contribution in [3.63, 3.8) is 0 Å². The molecule has 112 valence electrons. The van der Waals surface area contributed by atoms with E-state index in [4.69, 9.17) is 12.2 Å². The average molecular weight is 331 g/mol. The van der Waals surface area contributed by atoms with Gasteiger partial charge in [0.15, 0.2) is 10.3 Å². The molecule has 2 aromatic rings. The Bertz CT molecular complexity index is 704. The van der Waals surface area contributed by atoms with Crippen LogP contribution in [0.2, 0.25) is 0 Å². The first kappa shape index (κ1) is 15.0. The van der Waals surface area contributed by atoms with Crippen LogP contribution in [0.15, 0.2) is 59.6 Å². The molecule has 1 N–H and O–H groups in total. The molecule has 22 heavy (non-hydrogen) atoms. The number of hydrogen-bond acceptors (Lipinski definition) is 3. The molecule has 0 unspecified atom stereocenters. The van der Waals surface area contributed by atoms with Gasteiger partial charge in [-0.25, -0.2) is 9.38 Å². The molecule has 0 aromatic heterocycles. The van der Waals surface area contributed by atoms with Gasteiger partial charge in [0.1, 0.15) is 5.82 Å². The molecule has 3 rings (SSSR count). The van der Waals surface area contributed by atoms with Crippen LogP contribution in [0.4, 0.5) is 15.8 Å². The molecular weight excluding hydrogens is 317 g/mol. The largest absolute Gasteiger partial charge is 0.332 e. The predicted octanol–water partition coefficient (Wildman–Crippen LogP) is 4.26. The number of benzene rings is 2. The van der Waals surface area contributed by atoms with Crippen molar-refractivity contribution < 1.29 is 4.39 Å². The molecule has 1 aliphatic rings. The molecule has 2 aromatic carbocycles. The Morgan fingerprint density at radius 2 is 2.00 bits per heavy atom. The van der Waals surface area contributed by atoms with Gasteiger partial charge in [0, 0.05) is 18.0 Å². The maximum Gasteiger partial charge on any atom is 0.179 e. The normalized spacial score (nSPS) is 16.0. The van der Waals surface area contributed by atoms with E-state index in [-0.39, 0.29) is 5.82 Å². The van der Waals surface area contributed by atoms with Crippen molar-refractivity contribution in [3.05, 3.63) is 60.4 Å². The third kappa shape index (κ3) is 3.64. The summed E-state index contributed by atoms with van der Waals surface area (Å²) in [5.74, 6) is 0.637. The number of aliphatic imine (C=N–C) groups is 1. The smallest absolute Gasteiger partial charge is 0.179 e. The second-order valence-corrected chi connectivity index (χ2v) is 6.12. The van der Waals surface area contributed by atoms with Crippen LogP contribution in [-0.4, -0.2) is 27.5 Å². The molecule has 6 heteroatoms. The highest BCUT2D eigenvalue weighted by Crippen LogP contribution is 2.23. The molecule has 1 fully saturated rings. The Hall–Kier alpha value is -1.92. The third-order valence-corrected chi connectivity index (χ3v) is 4.36. The summed E-state index contributed by atoms with van der Waals surface area (Å²) in [6.07, 6.45) is 0. The molecule has 1 saturated heterocycles. The first-order chi connectivity index (χ1) is 10.7. The zero-order chi connectivity index (χ0) is 15.4. The molecule has 0 saturated carbocycles. The molecule has 0 aliphatic carbocycles. The van der Waals surface area contributed by atoms with E-state index in [1.54, 1.807) is 23.9 Å². The van der Waals surface area contributed by atoms with Crippen molar-refractivity contribution >= 4 is 45.6 Å². The molecular formula is C16H14FN3S2. The molecule has 3 nitrogen and oxygen atoms in total. The first-order valence-electron chi connectivity index (χ1n) is 6.83. The number of anilines is 1. The van der Waals surface area contributed by atoms with E-state index in [2.05, 4.69) is 10.3 Å². The summed E-state index contributed by atoms with van der Waals surface area (Å²) in [7, 11) is 0. The van der Waals surface area contributed by atoms with E-state index in [0.29, 0.717) is 10.8 Å². The lowest BCUT2D eigenvalue weighted by atomic mass is 10.3. The number of thiocarbonyl (C=S) groups is 1. The average Bonchev–Trinajstić information content (AvgIpc) is 2.96. The Labute approximate surface area is 138 Å². The van der Waals surface area contributed by atoms with Gasteiger partial charge >= 0.3 is 0 Å². The lowest BCUT2D eigenvalue weighted by Crippen LogP contribution is -2.35. The SMILES string of the molecule is Fc1cccc(NC(=S)N2CCSC2=Nc2ccccc2)c1. The van der Waals surface area contributed by atoms with Gasteiger partial charge in [0.05, 0.1) is 5.69 Å².